The molecule has 0 aromatic heterocycles. The molecule has 0 amide bonds. The summed E-state index contributed by atoms with van der Waals surface area (Å²) in [6, 6.07) is 0. The van der Waals surface area contributed by atoms with Crippen molar-refractivity contribution < 1.29 is 9.59 Å². The zero-order valence-electron chi connectivity index (χ0n) is 17.2. The Balaban J connectivity index is 1.67. The van der Waals surface area contributed by atoms with Crippen LogP contribution in [0.1, 0.15) is 78.6 Å². The van der Waals surface area contributed by atoms with Crippen molar-refractivity contribution in [3.8, 4) is 0 Å². The van der Waals surface area contributed by atoms with Crippen molar-refractivity contribution in [1.82, 2.24) is 0 Å². The third-order valence-corrected chi connectivity index (χ3v) is 9.52. The van der Waals surface area contributed by atoms with Crippen LogP contribution in [0.3, 0.4) is 0 Å². The van der Waals surface area contributed by atoms with Crippen molar-refractivity contribution in [2.45, 2.75) is 78.6 Å². The molecular weight excluding hydrogens is 352 g/mol. The molecule has 0 aliphatic heterocycles. The van der Waals surface area contributed by atoms with E-state index in [2.05, 4.69) is 20.8 Å². The van der Waals surface area contributed by atoms with Crippen molar-refractivity contribution in [3.05, 3.63) is 22.6 Å². The lowest BCUT2D eigenvalue weighted by Crippen LogP contribution is -2.54. The highest BCUT2D eigenvalue weighted by atomic mass is 32.2. The first-order valence-electron chi connectivity index (χ1n) is 11.0. The van der Waals surface area contributed by atoms with E-state index in [-0.39, 0.29) is 22.5 Å². The normalized spacial score (nSPS) is 40.8. The van der Waals surface area contributed by atoms with Crippen LogP contribution < -0.4 is 0 Å². The number of hydrogen-bond donors (Lipinski definition) is 0. The molecule has 0 N–H and O–H groups in total. The standard InChI is InChI=1S/C24H34O2S/c1-4-5-6-12-27-21-14-17(25)13-16-9-10-18-19-8-7-11-23(19,2)15-20(26)22(18)24(16,21)3/h13-14,18-19,22H,4-12,15H2,1-3H3/t18?,19?,22?,23-,24+/m0/s1. The summed E-state index contributed by atoms with van der Waals surface area (Å²) >= 11 is 1.85. The maximum atomic E-state index is 13.5. The second-order valence-electron chi connectivity index (χ2n) is 9.81. The van der Waals surface area contributed by atoms with Crippen LogP contribution in [0.5, 0.6) is 0 Å². The number of Topliss-reactive ketones (excluding diaryl/α,β-unsaturated/α-hetero) is 1. The molecule has 3 saturated carbocycles. The highest BCUT2D eigenvalue weighted by Gasteiger charge is 2.60. The van der Waals surface area contributed by atoms with Gasteiger partial charge in [0.1, 0.15) is 5.78 Å². The van der Waals surface area contributed by atoms with Gasteiger partial charge in [0.15, 0.2) is 5.78 Å². The molecule has 4 aliphatic rings. The van der Waals surface area contributed by atoms with E-state index >= 15 is 0 Å². The largest absolute Gasteiger partial charge is 0.299 e. The topological polar surface area (TPSA) is 34.1 Å². The number of allylic oxidation sites excluding steroid dienone is 4. The Morgan fingerprint density at radius 3 is 2.74 bits per heavy atom. The van der Waals surface area contributed by atoms with E-state index in [9.17, 15) is 9.59 Å². The Morgan fingerprint density at radius 1 is 1.15 bits per heavy atom. The molecule has 0 heterocycles. The van der Waals surface area contributed by atoms with Gasteiger partial charge in [-0.15, -0.1) is 11.8 Å². The third kappa shape index (κ3) is 3.09. The highest BCUT2D eigenvalue weighted by molar-refractivity contribution is 8.03. The SMILES string of the molecule is CCCCCSC1=CC(=O)C=C2CCC3C4CCC[C@@]4(C)CC(=O)C3[C@]21C. The maximum absolute atomic E-state index is 13.5. The molecule has 27 heavy (non-hydrogen) atoms. The number of carbonyl (C=O) groups is 2. The average molecular weight is 387 g/mol. The van der Waals surface area contributed by atoms with Gasteiger partial charge in [0, 0.05) is 17.8 Å². The number of carbonyl (C=O) groups excluding carboxylic acids is 2. The van der Waals surface area contributed by atoms with Crippen LogP contribution in [0.15, 0.2) is 22.6 Å². The molecule has 2 nitrogen and oxygen atoms in total. The molecule has 0 aromatic carbocycles. The van der Waals surface area contributed by atoms with Gasteiger partial charge in [-0.2, -0.15) is 0 Å². The molecule has 148 valence electrons. The Hall–Kier alpha value is -0.830. The molecule has 0 aromatic rings. The van der Waals surface area contributed by atoms with Crippen LogP contribution in [0.2, 0.25) is 0 Å². The molecule has 0 spiro atoms. The third-order valence-electron chi connectivity index (χ3n) is 8.17. The van der Waals surface area contributed by atoms with Gasteiger partial charge in [-0.3, -0.25) is 9.59 Å². The average Bonchev–Trinajstić information content (AvgIpc) is 3.00. The van der Waals surface area contributed by atoms with Crippen LogP contribution in [0.4, 0.5) is 0 Å². The summed E-state index contributed by atoms with van der Waals surface area (Å²) in [4.78, 5) is 27.1. The predicted octanol–water partition coefficient (Wildman–Crippen LogP) is 6.11. The van der Waals surface area contributed by atoms with Crippen LogP contribution >= 0.6 is 11.8 Å². The molecule has 0 bridgehead atoms. The smallest absolute Gasteiger partial charge is 0.179 e. The van der Waals surface area contributed by atoms with Crippen molar-refractivity contribution in [1.29, 1.82) is 0 Å². The van der Waals surface area contributed by atoms with Gasteiger partial charge in [0.25, 0.3) is 0 Å². The Bertz CT molecular complexity index is 705. The lowest BCUT2D eigenvalue weighted by Gasteiger charge is -2.56. The first-order valence-corrected chi connectivity index (χ1v) is 12.0. The van der Waals surface area contributed by atoms with Gasteiger partial charge in [-0.05, 0) is 72.2 Å². The monoisotopic (exact) mass is 386 g/mol. The lowest BCUT2D eigenvalue weighted by molar-refractivity contribution is -0.141. The van der Waals surface area contributed by atoms with E-state index in [4.69, 9.17) is 0 Å². The van der Waals surface area contributed by atoms with Crippen LogP contribution in [0, 0.1) is 28.6 Å². The number of unbranched alkanes of at least 4 members (excludes halogenated alkanes) is 2. The summed E-state index contributed by atoms with van der Waals surface area (Å²) in [7, 11) is 0. The van der Waals surface area contributed by atoms with Crippen molar-refractivity contribution in [2.75, 3.05) is 5.75 Å². The van der Waals surface area contributed by atoms with Gasteiger partial charge >= 0.3 is 0 Å². The molecule has 3 unspecified atom stereocenters. The van der Waals surface area contributed by atoms with Gasteiger partial charge in [-0.1, -0.05) is 45.6 Å². The first-order chi connectivity index (χ1) is 12.9. The Labute approximate surface area is 168 Å². The predicted molar refractivity (Wildman–Crippen MR) is 113 cm³/mol. The molecule has 3 heteroatoms. The van der Waals surface area contributed by atoms with Crippen molar-refractivity contribution in [3.63, 3.8) is 0 Å². The Kier molecular flexibility index (Phi) is 5.20. The number of hydrogen-bond acceptors (Lipinski definition) is 3. The van der Waals surface area contributed by atoms with Crippen molar-refractivity contribution >= 4 is 23.3 Å². The molecule has 4 aliphatic carbocycles. The van der Waals surface area contributed by atoms with Crippen LogP contribution in [0.25, 0.3) is 0 Å². The van der Waals surface area contributed by atoms with Gasteiger partial charge < -0.3 is 0 Å². The minimum absolute atomic E-state index is 0.0895. The molecule has 3 fully saturated rings. The summed E-state index contributed by atoms with van der Waals surface area (Å²) in [6.07, 6.45) is 14.0. The molecule has 0 saturated heterocycles. The van der Waals surface area contributed by atoms with E-state index < -0.39 is 0 Å². The van der Waals surface area contributed by atoms with Crippen LogP contribution in [-0.4, -0.2) is 17.3 Å². The second kappa shape index (κ2) is 7.21. The van der Waals surface area contributed by atoms with E-state index in [1.54, 1.807) is 0 Å². The molecular formula is C24H34O2S. The van der Waals surface area contributed by atoms with E-state index in [1.807, 2.05) is 23.9 Å². The fraction of sp³-hybridized carbons (Fsp3) is 0.750. The van der Waals surface area contributed by atoms with Gasteiger partial charge in [0.2, 0.25) is 0 Å². The second-order valence-corrected chi connectivity index (χ2v) is 11.0. The Morgan fingerprint density at radius 2 is 1.96 bits per heavy atom. The van der Waals surface area contributed by atoms with Gasteiger partial charge in [-0.25, -0.2) is 0 Å². The zero-order chi connectivity index (χ0) is 19.2. The highest BCUT2D eigenvalue weighted by Crippen LogP contribution is 2.65. The van der Waals surface area contributed by atoms with Crippen molar-refractivity contribution in [2.24, 2.45) is 28.6 Å². The molecule has 5 atom stereocenters. The fourth-order valence-corrected chi connectivity index (χ4v) is 8.17. The number of rotatable bonds is 5. The summed E-state index contributed by atoms with van der Waals surface area (Å²) in [5.41, 5.74) is 1.25. The zero-order valence-corrected chi connectivity index (χ0v) is 18.0. The number of thioether (sulfide) groups is 1. The van der Waals surface area contributed by atoms with E-state index in [0.717, 1.165) is 25.0 Å². The summed E-state index contributed by atoms with van der Waals surface area (Å²) in [5, 5.41) is 0. The minimum atomic E-state index is -0.227. The fourth-order valence-electron chi connectivity index (χ4n) is 6.84. The summed E-state index contributed by atoms with van der Waals surface area (Å²) in [6.45, 7) is 6.88. The molecule has 0 radical (unpaired) electrons. The van der Waals surface area contributed by atoms with E-state index in [0.29, 0.717) is 17.6 Å². The molecule has 4 rings (SSSR count). The summed E-state index contributed by atoms with van der Waals surface area (Å²) < 4.78 is 0. The van der Waals surface area contributed by atoms with Crippen LogP contribution in [-0.2, 0) is 9.59 Å². The quantitative estimate of drug-likeness (QED) is 0.534. The minimum Gasteiger partial charge on any atom is -0.299 e. The summed E-state index contributed by atoms with van der Waals surface area (Å²) in [5.74, 6) is 2.96. The lowest BCUT2D eigenvalue weighted by atomic mass is 9.48. The number of fused-ring (bicyclic) bond motifs is 5. The number of ketones is 2. The van der Waals surface area contributed by atoms with E-state index in [1.165, 1.54) is 49.0 Å². The van der Waals surface area contributed by atoms with Gasteiger partial charge in [0.05, 0.1) is 0 Å². The first kappa shape index (κ1) is 19.5. The maximum Gasteiger partial charge on any atom is 0.179 e.